The molecule has 2 atom stereocenters. The zero-order valence-electron chi connectivity index (χ0n) is 11.5. The summed E-state index contributed by atoms with van der Waals surface area (Å²) in [6.07, 6.45) is 2.49. The van der Waals surface area contributed by atoms with E-state index >= 15 is 0 Å². The molecule has 0 saturated carbocycles. The molecule has 1 saturated heterocycles. The van der Waals surface area contributed by atoms with Crippen LogP contribution < -0.4 is 5.32 Å². The first-order valence-corrected chi connectivity index (χ1v) is 7.76. The Morgan fingerprint density at radius 2 is 2.11 bits per heavy atom. The number of ether oxygens (including phenoxy) is 1. The maximum atomic E-state index is 13.1. The normalized spacial score (nSPS) is 23.8. The molecule has 1 aliphatic rings. The van der Waals surface area contributed by atoms with E-state index in [9.17, 15) is 4.39 Å². The van der Waals surface area contributed by atoms with Gasteiger partial charge in [0, 0.05) is 17.6 Å². The molecule has 2 rings (SSSR count). The first-order valence-electron chi connectivity index (χ1n) is 6.96. The van der Waals surface area contributed by atoms with Crippen LogP contribution in [0.5, 0.6) is 0 Å². The van der Waals surface area contributed by atoms with Gasteiger partial charge in [-0.2, -0.15) is 0 Å². The van der Waals surface area contributed by atoms with Gasteiger partial charge in [-0.05, 0) is 23.6 Å². The topological polar surface area (TPSA) is 21.3 Å². The zero-order chi connectivity index (χ0) is 13.8. The van der Waals surface area contributed by atoms with Gasteiger partial charge in [0.2, 0.25) is 0 Å². The molecule has 1 aromatic rings. The quantitative estimate of drug-likeness (QED) is 0.899. The Balaban J connectivity index is 2.12. The zero-order valence-corrected chi connectivity index (χ0v) is 13.0. The lowest BCUT2D eigenvalue weighted by Crippen LogP contribution is -2.44. The predicted molar refractivity (Wildman–Crippen MR) is 78.7 cm³/mol. The van der Waals surface area contributed by atoms with Crippen LogP contribution in [0.15, 0.2) is 22.7 Å². The molecular weight excluding hydrogens is 309 g/mol. The highest BCUT2D eigenvalue weighted by Crippen LogP contribution is 2.31. The standard InChI is InChI=1S/C15H21BrFNO/c1-3-10(4-2)14-8-18-9-15(19-14)12-6-5-11(17)7-13(12)16/h5-7,10,14-15,18H,3-4,8-9H2,1-2H3. The van der Waals surface area contributed by atoms with Crippen molar-refractivity contribution in [3.63, 3.8) is 0 Å². The van der Waals surface area contributed by atoms with Gasteiger partial charge in [-0.1, -0.05) is 48.7 Å². The maximum absolute atomic E-state index is 13.1. The molecule has 0 aromatic heterocycles. The molecule has 1 aromatic carbocycles. The third-order valence-electron chi connectivity index (χ3n) is 3.90. The summed E-state index contributed by atoms with van der Waals surface area (Å²) in [6, 6.07) is 4.80. The summed E-state index contributed by atoms with van der Waals surface area (Å²) in [6.45, 7) is 6.09. The van der Waals surface area contributed by atoms with E-state index in [-0.39, 0.29) is 18.0 Å². The number of nitrogens with one attached hydrogen (secondary N) is 1. The summed E-state index contributed by atoms with van der Waals surface area (Å²) < 4.78 is 20.1. The van der Waals surface area contributed by atoms with E-state index in [2.05, 4.69) is 35.1 Å². The van der Waals surface area contributed by atoms with Gasteiger partial charge in [-0.15, -0.1) is 0 Å². The fraction of sp³-hybridized carbons (Fsp3) is 0.600. The number of halogens is 2. The predicted octanol–water partition coefficient (Wildman–Crippen LogP) is 4.05. The molecule has 1 fully saturated rings. The lowest BCUT2D eigenvalue weighted by Gasteiger charge is -2.35. The van der Waals surface area contributed by atoms with Crippen LogP contribution in [0.2, 0.25) is 0 Å². The van der Waals surface area contributed by atoms with Crippen molar-refractivity contribution < 1.29 is 9.13 Å². The highest BCUT2D eigenvalue weighted by Gasteiger charge is 2.28. The largest absolute Gasteiger partial charge is 0.367 e. The maximum Gasteiger partial charge on any atom is 0.124 e. The van der Waals surface area contributed by atoms with E-state index in [0.29, 0.717) is 5.92 Å². The molecule has 0 bridgehead atoms. The Morgan fingerprint density at radius 1 is 1.37 bits per heavy atom. The number of hydrogen-bond donors (Lipinski definition) is 1. The molecule has 0 aliphatic carbocycles. The molecule has 4 heteroatoms. The van der Waals surface area contributed by atoms with Gasteiger partial charge in [-0.3, -0.25) is 0 Å². The molecular formula is C15H21BrFNO. The Morgan fingerprint density at radius 3 is 2.74 bits per heavy atom. The minimum atomic E-state index is -0.226. The van der Waals surface area contributed by atoms with Crippen LogP contribution in [-0.2, 0) is 4.74 Å². The van der Waals surface area contributed by atoms with Gasteiger partial charge in [0.15, 0.2) is 0 Å². The second-order valence-electron chi connectivity index (χ2n) is 5.06. The summed E-state index contributed by atoms with van der Waals surface area (Å²) >= 11 is 3.43. The smallest absolute Gasteiger partial charge is 0.124 e. The summed E-state index contributed by atoms with van der Waals surface area (Å²) in [7, 11) is 0. The number of hydrogen-bond acceptors (Lipinski definition) is 2. The fourth-order valence-corrected chi connectivity index (χ4v) is 3.31. The number of morpholine rings is 1. The van der Waals surface area contributed by atoms with Crippen molar-refractivity contribution in [2.24, 2.45) is 5.92 Å². The van der Waals surface area contributed by atoms with Crippen molar-refractivity contribution in [1.82, 2.24) is 5.32 Å². The highest BCUT2D eigenvalue weighted by molar-refractivity contribution is 9.10. The average Bonchev–Trinajstić information content (AvgIpc) is 2.40. The molecule has 0 amide bonds. The van der Waals surface area contributed by atoms with Crippen LogP contribution in [-0.4, -0.2) is 19.2 Å². The van der Waals surface area contributed by atoms with Gasteiger partial charge in [-0.25, -0.2) is 4.39 Å². The van der Waals surface area contributed by atoms with Crippen LogP contribution in [0.25, 0.3) is 0 Å². The van der Waals surface area contributed by atoms with Gasteiger partial charge in [0.05, 0.1) is 12.2 Å². The van der Waals surface area contributed by atoms with Crippen molar-refractivity contribution in [2.45, 2.75) is 38.9 Å². The van der Waals surface area contributed by atoms with Gasteiger partial charge >= 0.3 is 0 Å². The molecule has 106 valence electrons. The Hall–Kier alpha value is -0.450. The van der Waals surface area contributed by atoms with Gasteiger partial charge < -0.3 is 10.1 Å². The van der Waals surface area contributed by atoms with Crippen LogP contribution in [0.3, 0.4) is 0 Å². The third-order valence-corrected chi connectivity index (χ3v) is 4.58. The molecule has 1 N–H and O–H groups in total. The van der Waals surface area contributed by atoms with E-state index in [1.807, 2.05) is 0 Å². The van der Waals surface area contributed by atoms with Gasteiger partial charge in [0.1, 0.15) is 5.82 Å². The molecule has 1 aliphatic heterocycles. The van der Waals surface area contributed by atoms with Crippen molar-refractivity contribution >= 4 is 15.9 Å². The van der Waals surface area contributed by atoms with Crippen molar-refractivity contribution in [2.75, 3.05) is 13.1 Å². The Labute approximate surface area is 122 Å². The second kappa shape index (κ2) is 6.82. The second-order valence-corrected chi connectivity index (χ2v) is 5.92. The summed E-state index contributed by atoms with van der Waals surface area (Å²) in [5.41, 5.74) is 1.02. The number of rotatable bonds is 4. The molecule has 1 heterocycles. The SMILES string of the molecule is CCC(CC)C1CNCC(c2ccc(F)cc2Br)O1. The van der Waals surface area contributed by atoms with Crippen molar-refractivity contribution in [3.8, 4) is 0 Å². The fourth-order valence-electron chi connectivity index (χ4n) is 2.70. The van der Waals surface area contributed by atoms with Crippen molar-refractivity contribution in [1.29, 1.82) is 0 Å². The molecule has 2 nitrogen and oxygen atoms in total. The van der Waals surface area contributed by atoms with E-state index in [1.54, 1.807) is 6.07 Å². The first kappa shape index (κ1) is 14.9. The van der Waals surface area contributed by atoms with Crippen molar-refractivity contribution in [3.05, 3.63) is 34.1 Å². The highest BCUT2D eigenvalue weighted by atomic mass is 79.9. The van der Waals surface area contributed by atoms with E-state index in [1.165, 1.54) is 12.1 Å². The Kier molecular flexibility index (Phi) is 5.37. The van der Waals surface area contributed by atoms with Gasteiger partial charge in [0.25, 0.3) is 0 Å². The molecule has 2 unspecified atom stereocenters. The monoisotopic (exact) mass is 329 g/mol. The minimum absolute atomic E-state index is 0.00525. The number of benzene rings is 1. The average molecular weight is 330 g/mol. The van der Waals surface area contributed by atoms with Crippen LogP contribution in [0.1, 0.15) is 38.4 Å². The van der Waals surface area contributed by atoms with E-state index in [0.717, 1.165) is 36.0 Å². The summed E-state index contributed by atoms with van der Waals surface area (Å²) in [4.78, 5) is 0. The first-order chi connectivity index (χ1) is 9.15. The van der Waals surface area contributed by atoms with Crippen LogP contribution >= 0.6 is 15.9 Å². The minimum Gasteiger partial charge on any atom is -0.367 e. The molecule has 19 heavy (non-hydrogen) atoms. The van der Waals surface area contributed by atoms with E-state index < -0.39 is 0 Å². The summed E-state index contributed by atoms with van der Waals surface area (Å²) in [5, 5.41) is 3.43. The molecule has 0 spiro atoms. The van der Waals surface area contributed by atoms with Crippen LogP contribution in [0.4, 0.5) is 4.39 Å². The molecule has 0 radical (unpaired) electrons. The van der Waals surface area contributed by atoms with Crippen LogP contribution in [0, 0.1) is 11.7 Å². The third kappa shape index (κ3) is 3.56. The Bertz CT molecular complexity index is 423. The van der Waals surface area contributed by atoms with E-state index in [4.69, 9.17) is 4.74 Å². The lowest BCUT2D eigenvalue weighted by molar-refractivity contribution is -0.0691. The lowest BCUT2D eigenvalue weighted by atomic mass is 9.94. The summed E-state index contributed by atoms with van der Waals surface area (Å²) in [5.74, 6) is 0.352.